The van der Waals surface area contributed by atoms with Crippen LogP contribution >= 0.6 is 0 Å². The van der Waals surface area contributed by atoms with E-state index in [1.165, 1.54) is 4.31 Å². The summed E-state index contributed by atoms with van der Waals surface area (Å²) in [6.45, 7) is 5.21. The molecule has 5 nitrogen and oxygen atoms in total. The van der Waals surface area contributed by atoms with Crippen molar-refractivity contribution in [1.82, 2.24) is 9.29 Å². The van der Waals surface area contributed by atoms with Gasteiger partial charge in [0.25, 0.3) is 0 Å². The van der Waals surface area contributed by atoms with Gasteiger partial charge in [0.05, 0.1) is 10.4 Å². The molecule has 0 unspecified atom stereocenters. The first-order chi connectivity index (χ1) is 9.98. The molecular formula is C15H21N3O2S. The molecule has 0 saturated carbocycles. The molecule has 21 heavy (non-hydrogen) atoms. The highest BCUT2D eigenvalue weighted by Gasteiger charge is 2.19. The molecule has 1 aromatic heterocycles. The Morgan fingerprint density at radius 3 is 2.62 bits per heavy atom. The van der Waals surface area contributed by atoms with Gasteiger partial charge in [-0.3, -0.25) is 0 Å². The first-order valence-corrected chi connectivity index (χ1v) is 8.54. The molecule has 2 rings (SSSR count). The third kappa shape index (κ3) is 3.33. The largest absolute Gasteiger partial charge is 0.370 e. The van der Waals surface area contributed by atoms with Crippen molar-refractivity contribution in [2.75, 3.05) is 25.5 Å². The van der Waals surface area contributed by atoms with Gasteiger partial charge in [0.1, 0.15) is 5.82 Å². The summed E-state index contributed by atoms with van der Waals surface area (Å²) in [7, 11) is -1.84. The topological polar surface area (TPSA) is 62.3 Å². The molecule has 1 N–H and O–H groups in total. The van der Waals surface area contributed by atoms with Gasteiger partial charge in [-0.1, -0.05) is 13.8 Å². The summed E-state index contributed by atoms with van der Waals surface area (Å²) in [4.78, 5) is 4.78. The highest BCUT2D eigenvalue weighted by atomic mass is 32.2. The van der Waals surface area contributed by atoms with E-state index in [9.17, 15) is 8.42 Å². The number of rotatable bonds is 6. The van der Waals surface area contributed by atoms with Crippen molar-refractivity contribution < 1.29 is 8.42 Å². The highest BCUT2D eigenvalue weighted by molar-refractivity contribution is 7.89. The number of aromatic nitrogens is 1. The quantitative estimate of drug-likeness (QED) is 0.891. The van der Waals surface area contributed by atoms with Gasteiger partial charge in [0.15, 0.2) is 0 Å². The number of nitrogens with one attached hydrogen (secondary N) is 1. The Morgan fingerprint density at radius 2 is 1.95 bits per heavy atom. The average Bonchev–Trinajstić information content (AvgIpc) is 2.51. The maximum atomic E-state index is 12.3. The molecule has 0 fully saturated rings. The molecule has 0 aliphatic carbocycles. The molecule has 6 heteroatoms. The molecule has 0 radical (unpaired) electrons. The third-order valence-electron chi connectivity index (χ3n) is 3.37. The molecule has 2 aromatic rings. The van der Waals surface area contributed by atoms with Crippen molar-refractivity contribution in [2.45, 2.75) is 25.2 Å². The SMILES string of the molecule is CCCNc1ccc2cc(S(=O)(=O)N(C)CC)ccc2n1. The van der Waals surface area contributed by atoms with Crippen LogP contribution in [0.2, 0.25) is 0 Å². The number of fused-ring (bicyclic) bond motifs is 1. The molecule has 0 saturated heterocycles. The van der Waals surface area contributed by atoms with E-state index in [1.807, 2.05) is 19.1 Å². The van der Waals surface area contributed by atoms with E-state index in [2.05, 4.69) is 17.2 Å². The van der Waals surface area contributed by atoms with Crippen LogP contribution in [0.5, 0.6) is 0 Å². The minimum absolute atomic E-state index is 0.301. The zero-order valence-electron chi connectivity index (χ0n) is 12.6. The van der Waals surface area contributed by atoms with Gasteiger partial charge in [-0.05, 0) is 36.8 Å². The number of benzene rings is 1. The third-order valence-corrected chi connectivity index (χ3v) is 5.30. The van der Waals surface area contributed by atoms with E-state index >= 15 is 0 Å². The van der Waals surface area contributed by atoms with Gasteiger partial charge in [-0.15, -0.1) is 0 Å². The molecular weight excluding hydrogens is 286 g/mol. The van der Waals surface area contributed by atoms with Crippen molar-refractivity contribution in [3.8, 4) is 0 Å². The van der Waals surface area contributed by atoms with Crippen LogP contribution in [0.25, 0.3) is 10.9 Å². The lowest BCUT2D eigenvalue weighted by atomic mass is 10.2. The average molecular weight is 307 g/mol. The molecule has 114 valence electrons. The van der Waals surface area contributed by atoms with E-state index in [0.29, 0.717) is 11.4 Å². The van der Waals surface area contributed by atoms with Crippen molar-refractivity contribution in [2.24, 2.45) is 0 Å². The zero-order valence-corrected chi connectivity index (χ0v) is 13.4. The smallest absolute Gasteiger partial charge is 0.242 e. The van der Waals surface area contributed by atoms with E-state index in [1.54, 1.807) is 25.2 Å². The summed E-state index contributed by atoms with van der Waals surface area (Å²) >= 11 is 0. The van der Waals surface area contributed by atoms with E-state index in [4.69, 9.17) is 0 Å². The predicted molar refractivity (Wildman–Crippen MR) is 86.0 cm³/mol. The number of hydrogen-bond donors (Lipinski definition) is 1. The van der Waals surface area contributed by atoms with Crippen LogP contribution in [0.1, 0.15) is 20.3 Å². The fourth-order valence-electron chi connectivity index (χ4n) is 1.97. The second-order valence-electron chi connectivity index (χ2n) is 4.90. The van der Waals surface area contributed by atoms with Gasteiger partial charge in [0, 0.05) is 25.5 Å². The van der Waals surface area contributed by atoms with Crippen LogP contribution in [-0.4, -0.2) is 37.8 Å². The number of anilines is 1. The fraction of sp³-hybridized carbons (Fsp3) is 0.400. The van der Waals surface area contributed by atoms with Crippen molar-refractivity contribution in [3.05, 3.63) is 30.3 Å². The Balaban J connectivity index is 2.39. The Hall–Kier alpha value is -1.66. The molecule has 0 amide bonds. The first kappa shape index (κ1) is 15.7. The lowest BCUT2D eigenvalue weighted by Gasteiger charge is -2.15. The van der Waals surface area contributed by atoms with E-state index < -0.39 is 10.0 Å². The lowest BCUT2D eigenvalue weighted by molar-refractivity contribution is 0.486. The minimum Gasteiger partial charge on any atom is -0.370 e. The second kappa shape index (κ2) is 6.41. The first-order valence-electron chi connectivity index (χ1n) is 7.10. The summed E-state index contributed by atoms with van der Waals surface area (Å²) in [5, 5.41) is 4.04. The Morgan fingerprint density at radius 1 is 1.19 bits per heavy atom. The molecule has 0 aliphatic heterocycles. The molecule has 1 aromatic carbocycles. The summed E-state index contributed by atoms with van der Waals surface area (Å²) < 4.78 is 25.9. The zero-order chi connectivity index (χ0) is 15.5. The Kier molecular flexibility index (Phi) is 4.80. The van der Waals surface area contributed by atoms with Crippen molar-refractivity contribution >= 4 is 26.7 Å². The van der Waals surface area contributed by atoms with Crippen LogP contribution in [0.15, 0.2) is 35.2 Å². The van der Waals surface area contributed by atoms with E-state index in [0.717, 1.165) is 29.7 Å². The maximum Gasteiger partial charge on any atom is 0.242 e. The summed E-state index contributed by atoms with van der Waals surface area (Å²) in [5.74, 6) is 0.811. The fourth-order valence-corrected chi connectivity index (χ4v) is 3.18. The second-order valence-corrected chi connectivity index (χ2v) is 6.94. The number of nitrogens with zero attached hydrogens (tertiary/aromatic N) is 2. The number of sulfonamides is 1. The van der Waals surface area contributed by atoms with Crippen molar-refractivity contribution in [1.29, 1.82) is 0 Å². The van der Waals surface area contributed by atoms with Gasteiger partial charge in [-0.2, -0.15) is 0 Å². The van der Waals surface area contributed by atoms with Gasteiger partial charge in [0.2, 0.25) is 10.0 Å². The standard InChI is InChI=1S/C15H21N3O2S/c1-4-10-16-15-9-6-12-11-13(7-8-14(12)17-15)21(19,20)18(3)5-2/h6-9,11H,4-5,10H2,1-3H3,(H,16,17). The van der Waals surface area contributed by atoms with Crippen molar-refractivity contribution in [3.63, 3.8) is 0 Å². The van der Waals surface area contributed by atoms with Crippen LogP contribution in [-0.2, 0) is 10.0 Å². The summed E-state index contributed by atoms with van der Waals surface area (Å²) in [6.07, 6.45) is 1.03. The monoisotopic (exact) mass is 307 g/mol. The maximum absolute atomic E-state index is 12.3. The molecule has 0 bridgehead atoms. The van der Waals surface area contributed by atoms with Crippen LogP contribution < -0.4 is 5.32 Å². The minimum atomic E-state index is -3.41. The lowest BCUT2D eigenvalue weighted by Crippen LogP contribution is -2.26. The van der Waals surface area contributed by atoms with Gasteiger partial charge < -0.3 is 5.32 Å². The van der Waals surface area contributed by atoms with Gasteiger partial charge in [-0.25, -0.2) is 17.7 Å². The van der Waals surface area contributed by atoms with Crippen LogP contribution in [0.4, 0.5) is 5.82 Å². The van der Waals surface area contributed by atoms with Crippen LogP contribution in [0, 0.1) is 0 Å². The van der Waals surface area contributed by atoms with Crippen LogP contribution in [0.3, 0.4) is 0 Å². The van der Waals surface area contributed by atoms with E-state index in [-0.39, 0.29) is 0 Å². The predicted octanol–water partition coefficient (Wildman–Crippen LogP) is 2.70. The highest BCUT2D eigenvalue weighted by Crippen LogP contribution is 2.21. The molecule has 0 atom stereocenters. The number of hydrogen-bond acceptors (Lipinski definition) is 4. The summed E-state index contributed by atoms with van der Waals surface area (Å²) in [5.41, 5.74) is 0.786. The normalized spacial score (nSPS) is 12.0. The molecule has 0 aliphatic rings. The number of pyridine rings is 1. The van der Waals surface area contributed by atoms with Gasteiger partial charge >= 0.3 is 0 Å². The Labute approximate surface area is 126 Å². The molecule has 1 heterocycles. The summed E-state index contributed by atoms with van der Waals surface area (Å²) in [6, 6.07) is 8.81. The Bertz CT molecular complexity index is 729. The molecule has 0 spiro atoms.